The molecule has 0 heterocycles. The monoisotopic (exact) mass is 202 g/mol. The fraction of sp³-hybridized carbons (Fsp3) is 0.800. The van der Waals surface area contributed by atoms with Gasteiger partial charge in [-0.05, 0) is 12.8 Å². The van der Waals surface area contributed by atoms with Crippen LogP contribution in [0.25, 0.3) is 0 Å². The topological polar surface area (TPSA) is 63.6 Å². The Morgan fingerprint density at radius 1 is 1.36 bits per heavy atom. The minimum Gasteiger partial charge on any atom is -0.481 e. The summed E-state index contributed by atoms with van der Waals surface area (Å²) in [6.45, 7) is 4.14. The van der Waals surface area contributed by atoms with Gasteiger partial charge in [-0.15, -0.1) is 0 Å². The highest BCUT2D eigenvalue weighted by molar-refractivity contribution is 5.78. The lowest BCUT2D eigenvalue weighted by molar-refractivity contribution is -0.151. The number of carboxylic acids is 1. The molecular formula is C10H18O4. The van der Waals surface area contributed by atoms with Crippen LogP contribution in [0.2, 0.25) is 0 Å². The fourth-order valence-corrected chi connectivity index (χ4v) is 0.997. The van der Waals surface area contributed by atoms with E-state index in [9.17, 15) is 9.59 Å². The van der Waals surface area contributed by atoms with Gasteiger partial charge in [0.1, 0.15) is 0 Å². The predicted molar refractivity (Wildman–Crippen MR) is 51.9 cm³/mol. The van der Waals surface area contributed by atoms with Crippen LogP contribution in [0.1, 0.15) is 39.5 Å². The summed E-state index contributed by atoms with van der Waals surface area (Å²) in [4.78, 5) is 21.7. The van der Waals surface area contributed by atoms with Crippen LogP contribution in [-0.4, -0.2) is 23.7 Å². The summed E-state index contributed by atoms with van der Waals surface area (Å²) >= 11 is 0. The molecule has 0 aliphatic heterocycles. The maximum Gasteiger partial charge on any atom is 0.307 e. The summed E-state index contributed by atoms with van der Waals surface area (Å²) in [6, 6.07) is 0. The smallest absolute Gasteiger partial charge is 0.307 e. The number of ether oxygens (including phenoxy) is 1. The number of carbonyl (C=O) groups is 2. The van der Waals surface area contributed by atoms with Gasteiger partial charge >= 0.3 is 11.9 Å². The van der Waals surface area contributed by atoms with Gasteiger partial charge in [-0.25, -0.2) is 0 Å². The number of carboxylic acid groups (broad SMARTS) is 1. The van der Waals surface area contributed by atoms with Crippen molar-refractivity contribution in [3.8, 4) is 0 Å². The molecule has 0 fully saturated rings. The second-order valence-corrected chi connectivity index (χ2v) is 3.22. The molecule has 4 nitrogen and oxygen atoms in total. The van der Waals surface area contributed by atoms with E-state index in [2.05, 4.69) is 0 Å². The van der Waals surface area contributed by atoms with E-state index in [-0.39, 0.29) is 6.42 Å². The van der Waals surface area contributed by atoms with E-state index in [1.165, 1.54) is 0 Å². The Bertz CT molecular complexity index is 189. The molecule has 0 aromatic heterocycles. The zero-order chi connectivity index (χ0) is 11.0. The van der Waals surface area contributed by atoms with Crippen molar-refractivity contribution in [2.45, 2.75) is 39.5 Å². The zero-order valence-corrected chi connectivity index (χ0v) is 8.78. The van der Waals surface area contributed by atoms with Crippen molar-refractivity contribution in [2.75, 3.05) is 6.61 Å². The number of aliphatic carboxylic acids is 1. The van der Waals surface area contributed by atoms with Gasteiger partial charge in [-0.1, -0.05) is 20.3 Å². The van der Waals surface area contributed by atoms with E-state index in [0.717, 1.165) is 12.8 Å². The Labute approximate surface area is 84.3 Å². The molecule has 82 valence electrons. The van der Waals surface area contributed by atoms with Crippen LogP contribution in [0, 0.1) is 5.92 Å². The van der Waals surface area contributed by atoms with Gasteiger partial charge in [0, 0.05) is 0 Å². The largest absolute Gasteiger partial charge is 0.481 e. The van der Waals surface area contributed by atoms with E-state index >= 15 is 0 Å². The van der Waals surface area contributed by atoms with Crippen molar-refractivity contribution in [3.63, 3.8) is 0 Å². The second kappa shape index (κ2) is 7.35. The third-order valence-electron chi connectivity index (χ3n) is 2.02. The Morgan fingerprint density at radius 2 is 2.00 bits per heavy atom. The van der Waals surface area contributed by atoms with Gasteiger partial charge in [0.25, 0.3) is 0 Å². The summed E-state index contributed by atoms with van der Waals surface area (Å²) in [7, 11) is 0. The maximum atomic E-state index is 11.1. The molecule has 0 aromatic carbocycles. The van der Waals surface area contributed by atoms with Crippen molar-refractivity contribution >= 4 is 11.9 Å². The van der Waals surface area contributed by atoms with Crippen LogP contribution < -0.4 is 0 Å². The number of hydrogen-bond donors (Lipinski definition) is 1. The Hall–Kier alpha value is -1.06. The standard InChI is InChI=1S/C10H18O4/c1-3-5-6-14-9(11)7-8(4-2)10(12)13/h8H,3-7H2,1-2H3,(H,12,13). The number of esters is 1. The van der Waals surface area contributed by atoms with E-state index in [4.69, 9.17) is 9.84 Å². The Kier molecular flexibility index (Phi) is 6.80. The zero-order valence-electron chi connectivity index (χ0n) is 8.78. The first-order valence-electron chi connectivity index (χ1n) is 5.00. The van der Waals surface area contributed by atoms with E-state index in [1.807, 2.05) is 6.92 Å². The average Bonchev–Trinajstić information content (AvgIpc) is 2.14. The molecule has 0 aliphatic carbocycles. The van der Waals surface area contributed by atoms with Crippen molar-refractivity contribution in [1.82, 2.24) is 0 Å². The van der Waals surface area contributed by atoms with Crippen LogP contribution in [0.15, 0.2) is 0 Å². The van der Waals surface area contributed by atoms with E-state index in [1.54, 1.807) is 6.92 Å². The van der Waals surface area contributed by atoms with Gasteiger partial charge in [0.05, 0.1) is 18.9 Å². The van der Waals surface area contributed by atoms with Crippen LogP contribution in [-0.2, 0) is 14.3 Å². The molecule has 1 unspecified atom stereocenters. The van der Waals surface area contributed by atoms with Gasteiger partial charge < -0.3 is 9.84 Å². The van der Waals surface area contributed by atoms with Crippen molar-refractivity contribution < 1.29 is 19.4 Å². The van der Waals surface area contributed by atoms with Crippen LogP contribution in [0.4, 0.5) is 0 Å². The van der Waals surface area contributed by atoms with Crippen LogP contribution >= 0.6 is 0 Å². The molecule has 1 atom stereocenters. The highest BCUT2D eigenvalue weighted by Crippen LogP contribution is 2.09. The van der Waals surface area contributed by atoms with Gasteiger partial charge in [-0.3, -0.25) is 9.59 Å². The van der Waals surface area contributed by atoms with E-state index in [0.29, 0.717) is 13.0 Å². The van der Waals surface area contributed by atoms with Crippen molar-refractivity contribution in [3.05, 3.63) is 0 Å². The maximum absolute atomic E-state index is 11.1. The molecule has 0 saturated carbocycles. The third-order valence-corrected chi connectivity index (χ3v) is 2.02. The summed E-state index contributed by atoms with van der Waals surface area (Å²) < 4.78 is 4.86. The van der Waals surface area contributed by atoms with Gasteiger partial charge in [-0.2, -0.15) is 0 Å². The van der Waals surface area contributed by atoms with E-state index < -0.39 is 17.9 Å². The molecule has 0 amide bonds. The molecule has 1 N–H and O–H groups in total. The minimum atomic E-state index is -0.931. The van der Waals surface area contributed by atoms with Crippen LogP contribution in [0.5, 0.6) is 0 Å². The summed E-state index contributed by atoms with van der Waals surface area (Å²) in [6.07, 6.45) is 2.23. The van der Waals surface area contributed by atoms with Gasteiger partial charge in [0.15, 0.2) is 0 Å². The molecule has 0 spiro atoms. The summed E-state index contributed by atoms with van der Waals surface area (Å²) in [5.41, 5.74) is 0. The quantitative estimate of drug-likeness (QED) is 0.505. The normalized spacial score (nSPS) is 12.1. The number of hydrogen-bond acceptors (Lipinski definition) is 3. The first-order chi connectivity index (χ1) is 6.61. The molecule has 4 heteroatoms. The average molecular weight is 202 g/mol. The molecule has 0 bridgehead atoms. The highest BCUT2D eigenvalue weighted by Gasteiger charge is 2.19. The van der Waals surface area contributed by atoms with Crippen molar-refractivity contribution in [1.29, 1.82) is 0 Å². The second-order valence-electron chi connectivity index (χ2n) is 3.22. The molecule has 0 radical (unpaired) electrons. The summed E-state index contributed by atoms with van der Waals surface area (Å²) in [5.74, 6) is -1.95. The predicted octanol–water partition coefficient (Wildman–Crippen LogP) is 1.83. The van der Waals surface area contributed by atoms with Gasteiger partial charge in [0.2, 0.25) is 0 Å². The molecule has 0 aliphatic rings. The molecule has 0 rings (SSSR count). The summed E-state index contributed by atoms with van der Waals surface area (Å²) in [5, 5.41) is 8.69. The molecule has 0 saturated heterocycles. The fourth-order valence-electron chi connectivity index (χ4n) is 0.997. The van der Waals surface area contributed by atoms with Crippen LogP contribution in [0.3, 0.4) is 0 Å². The Morgan fingerprint density at radius 3 is 2.43 bits per heavy atom. The third kappa shape index (κ3) is 5.56. The molecule has 0 aromatic rings. The first kappa shape index (κ1) is 12.9. The lowest BCUT2D eigenvalue weighted by Gasteiger charge is -2.08. The number of unbranched alkanes of at least 4 members (excludes halogenated alkanes) is 1. The molecular weight excluding hydrogens is 184 g/mol. The Balaban J connectivity index is 3.74. The lowest BCUT2D eigenvalue weighted by atomic mass is 10.0. The minimum absolute atomic E-state index is 0.0183. The number of carbonyl (C=O) groups excluding carboxylic acids is 1. The lowest BCUT2D eigenvalue weighted by Crippen LogP contribution is -2.18. The number of rotatable bonds is 7. The molecule has 14 heavy (non-hydrogen) atoms. The van der Waals surface area contributed by atoms with Crippen molar-refractivity contribution in [2.24, 2.45) is 5.92 Å². The first-order valence-corrected chi connectivity index (χ1v) is 5.00. The SMILES string of the molecule is CCCCOC(=O)CC(CC)C(=O)O. The highest BCUT2D eigenvalue weighted by atomic mass is 16.5.